The van der Waals surface area contributed by atoms with E-state index in [0.29, 0.717) is 17.7 Å². The van der Waals surface area contributed by atoms with E-state index < -0.39 is 5.97 Å². The third-order valence-electron chi connectivity index (χ3n) is 3.34. The molecule has 0 bridgehead atoms. The summed E-state index contributed by atoms with van der Waals surface area (Å²) in [6.07, 6.45) is 6.93. The van der Waals surface area contributed by atoms with Gasteiger partial charge in [0.25, 0.3) is 5.91 Å². The predicted octanol–water partition coefficient (Wildman–Crippen LogP) is 0.776. The molecule has 2 heterocycles. The second-order valence-corrected chi connectivity index (χ2v) is 4.61. The van der Waals surface area contributed by atoms with Crippen LogP contribution in [0, 0.1) is 0 Å². The summed E-state index contributed by atoms with van der Waals surface area (Å²) in [5.41, 5.74) is 0.862. The Morgan fingerprint density at radius 3 is 3.00 bits per heavy atom. The molecule has 1 aliphatic rings. The normalized spacial score (nSPS) is 18.6. The summed E-state index contributed by atoms with van der Waals surface area (Å²) >= 11 is 0. The molecule has 1 unspecified atom stereocenters. The lowest BCUT2D eigenvalue weighted by Gasteiger charge is -2.23. The minimum Gasteiger partial charge on any atom is -0.478 e. The van der Waals surface area contributed by atoms with Crippen molar-refractivity contribution in [3.63, 3.8) is 0 Å². The zero-order valence-corrected chi connectivity index (χ0v) is 10.9. The molecule has 20 heavy (non-hydrogen) atoms. The van der Waals surface area contributed by atoms with Gasteiger partial charge in [-0.2, -0.15) is 0 Å². The molecule has 1 aromatic rings. The highest BCUT2D eigenvalue weighted by atomic mass is 16.4. The fraction of sp³-hybridized carbons (Fsp3) is 0.357. The SMILES string of the molecule is O=C(O)C=Cc1cnccc1C(=O)N1CCCC1CO. The number of carbonyl (C=O) groups is 2. The van der Waals surface area contributed by atoms with Crippen LogP contribution in [0.2, 0.25) is 0 Å². The first kappa shape index (κ1) is 14.2. The number of aliphatic hydroxyl groups excluding tert-OH is 1. The van der Waals surface area contributed by atoms with E-state index in [1.54, 1.807) is 11.0 Å². The second-order valence-electron chi connectivity index (χ2n) is 4.61. The number of amides is 1. The maximum Gasteiger partial charge on any atom is 0.328 e. The summed E-state index contributed by atoms with van der Waals surface area (Å²) in [5, 5.41) is 17.9. The molecule has 0 radical (unpaired) electrons. The summed E-state index contributed by atoms with van der Waals surface area (Å²) in [6, 6.07) is 1.41. The van der Waals surface area contributed by atoms with Crippen molar-refractivity contribution in [3.8, 4) is 0 Å². The minimum absolute atomic E-state index is 0.0584. The number of rotatable bonds is 4. The number of hydrogen-bond donors (Lipinski definition) is 2. The van der Waals surface area contributed by atoms with Crippen molar-refractivity contribution in [2.24, 2.45) is 0 Å². The van der Waals surface area contributed by atoms with Gasteiger partial charge < -0.3 is 15.1 Å². The minimum atomic E-state index is -1.08. The van der Waals surface area contributed by atoms with Gasteiger partial charge in [-0.25, -0.2) is 4.79 Å². The number of nitrogens with zero attached hydrogens (tertiary/aromatic N) is 2. The van der Waals surface area contributed by atoms with Crippen molar-refractivity contribution in [2.75, 3.05) is 13.2 Å². The maximum atomic E-state index is 12.5. The van der Waals surface area contributed by atoms with E-state index in [9.17, 15) is 14.7 Å². The first-order valence-electron chi connectivity index (χ1n) is 6.40. The lowest BCUT2D eigenvalue weighted by molar-refractivity contribution is -0.131. The Labute approximate surface area is 116 Å². The fourth-order valence-electron chi connectivity index (χ4n) is 2.34. The number of carbonyl (C=O) groups excluding carboxylic acids is 1. The van der Waals surface area contributed by atoms with Crippen molar-refractivity contribution < 1.29 is 19.8 Å². The Kier molecular flexibility index (Phi) is 4.47. The molecule has 6 heteroatoms. The highest BCUT2D eigenvalue weighted by Gasteiger charge is 2.29. The summed E-state index contributed by atoms with van der Waals surface area (Å²) in [5.74, 6) is -1.28. The third kappa shape index (κ3) is 3.03. The van der Waals surface area contributed by atoms with Gasteiger partial charge in [0.2, 0.25) is 0 Å². The molecule has 2 N–H and O–H groups in total. The van der Waals surface area contributed by atoms with Gasteiger partial charge in [0.1, 0.15) is 0 Å². The van der Waals surface area contributed by atoms with E-state index in [4.69, 9.17) is 5.11 Å². The summed E-state index contributed by atoms with van der Waals surface area (Å²) in [7, 11) is 0. The topological polar surface area (TPSA) is 90.7 Å². The second kappa shape index (κ2) is 6.29. The Hall–Kier alpha value is -2.21. The molecule has 0 saturated carbocycles. The Bertz CT molecular complexity index is 542. The van der Waals surface area contributed by atoms with Crippen LogP contribution >= 0.6 is 0 Å². The molecule has 1 amide bonds. The van der Waals surface area contributed by atoms with Crippen molar-refractivity contribution in [2.45, 2.75) is 18.9 Å². The van der Waals surface area contributed by atoms with Crippen molar-refractivity contribution in [3.05, 3.63) is 35.7 Å². The Morgan fingerprint density at radius 1 is 1.50 bits per heavy atom. The number of aromatic nitrogens is 1. The first-order valence-corrected chi connectivity index (χ1v) is 6.40. The zero-order valence-electron chi connectivity index (χ0n) is 10.9. The van der Waals surface area contributed by atoms with E-state index in [0.717, 1.165) is 18.9 Å². The lowest BCUT2D eigenvalue weighted by atomic mass is 10.1. The molecule has 1 fully saturated rings. The Morgan fingerprint density at radius 2 is 2.30 bits per heavy atom. The molecule has 0 aliphatic carbocycles. The zero-order chi connectivity index (χ0) is 14.5. The van der Waals surface area contributed by atoms with Crippen LogP contribution in [0.4, 0.5) is 0 Å². The molecule has 0 spiro atoms. The van der Waals surface area contributed by atoms with Crippen LogP contribution in [0.25, 0.3) is 6.08 Å². The quantitative estimate of drug-likeness (QED) is 0.793. The number of pyridine rings is 1. The average molecular weight is 276 g/mol. The van der Waals surface area contributed by atoms with Crippen LogP contribution in [0.3, 0.4) is 0 Å². The fourth-order valence-corrected chi connectivity index (χ4v) is 2.34. The van der Waals surface area contributed by atoms with E-state index in [1.807, 2.05) is 0 Å². The van der Waals surface area contributed by atoms with Crippen LogP contribution in [0.1, 0.15) is 28.8 Å². The van der Waals surface area contributed by atoms with Crippen LogP contribution < -0.4 is 0 Å². The highest BCUT2D eigenvalue weighted by Crippen LogP contribution is 2.21. The number of likely N-dealkylation sites (tertiary alicyclic amines) is 1. The van der Waals surface area contributed by atoms with Gasteiger partial charge in [0.05, 0.1) is 12.6 Å². The van der Waals surface area contributed by atoms with Crippen molar-refractivity contribution in [1.29, 1.82) is 0 Å². The molecule has 1 aliphatic heterocycles. The van der Waals surface area contributed by atoms with Crippen LogP contribution in [0.5, 0.6) is 0 Å². The number of carboxylic acid groups (broad SMARTS) is 1. The van der Waals surface area contributed by atoms with Gasteiger partial charge in [0, 0.05) is 36.1 Å². The van der Waals surface area contributed by atoms with Gasteiger partial charge in [-0.15, -0.1) is 0 Å². The van der Waals surface area contributed by atoms with Crippen LogP contribution in [0.15, 0.2) is 24.5 Å². The third-order valence-corrected chi connectivity index (χ3v) is 3.34. The van der Waals surface area contributed by atoms with Gasteiger partial charge in [-0.05, 0) is 25.0 Å². The molecule has 1 atom stereocenters. The average Bonchev–Trinajstić information content (AvgIpc) is 2.93. The van der Waals surface area contributed by atoms with E-state index in [-0.39, 0.29) is 18.6 Å². The smallest absolute Gasteiger partial charge is 0.328 e. The van der Waals surface area contributed by atoms with Gasteiger partial charge >= 0.3 is 5.97 Å². The number of hydrogen-bond acceptors (Lipinski definition) is 4. The summed E-state index contributed by atoms with van der Waals surface area (Å²) < 4.78 is 0. The molecule has 1 aromatic heterocycles. The number of aliphatic hydroxyl groups is 1. The molecule has 0 aromatic carbocycles. The molecule has 2 rings (SSSR count). The standard InChI is InChI=1S/C14H16N2O4/c17-9-11-2-1-7-16(11)14(20)12-5-6-15-8-10(12)3-4-13(18)19/h3-6,8,11,17H,1-2,7,9H2,(H,18,19). The highest BCUT2D eigenvalue weighted by molar-refractivity contribution is 5.99. The molecular formula is C14H16N2O4. The van der Waals surface area contributed by atoms with E-state index in [1.165, 1.54) is 18.5 Å². The van der Waals surface area contributed by atoms with Crippen molar-refractivity contribution >= 4 is 18.0 Å². The summed E-state index contributed by atoms with van der Waals surface area (Å²) in [6.45, 7) is 0.547. The van der Waals surface area contributed by atoms with Crippen LogP contribution in [-0.2, 0) is 4.79 Å². The molecule has 1 saturated heterocycles. The van der Waals surface area contributed by atoms with Crippen LogP contribution in [-0.4, -0.2) is 51.2 Å². The number of aliphatic carboxylic acids is 1. The van der Waals surface area contributed by atoms with E-state index >= 15 is 0 Å². The van der Waals surface area contributed by atoms with E-state index in [2.05, 4.69) is 4.98 Å². The lowest BCUT2D eigenvalue weighted by Crippen LogP contribution is -2.37. The first-order chi connectivity index (χ1) is 9.63. The molecule has 6 nitrogen and oxygen atoms in total. The van der Waals surface area contributed by atoms with Gasteiger partial charge in [-0.1, -0.05) is 0 Å². The predicted molar refractivity (Wildman–Crippen MR) is 72.1 cm³/mol. The Balaban J connectivity index is 2.28. The molecular weight excluding hydrogens is 260 g/mol. The molecule has 106 valence electrons. The van der Waals surface area contributed by atoms with Crippen molar-refractivity contribution in [1.82, 2.24) is 9.88 Å². The maximum absolute atomic E-state index is 12.5. The largest absolute Gasteiger partial charge is 0.478 e. The van der Waals surface area contributed by atoms with Gasteiger partial charge in [0.15, 0.2) is 0 Å². The monoisotopic (exact) mass is 276 g/mol. The van der Waals surface area contributed by atoms with Gasteiger partial charge in [-0.3, -0.25) is 9.78 Å². The summed E-state index contributed by atoms with van der Waals surface area (Å²) in [4.78, 5) is 28.6. The number of carboxylic acids is 1.